The van der Waals surface area contributed by atoms with Gasteiger partial charge in [0, 0.05) is 23.6 Å². The number of hydrogen-bond donors (Lipinski definition) is 0. The first-order chi connectivity index (χ1) is 8.75. The van der Waals surface area contributed by atoms with Gasteiger partial charge in [-0.2, -0.15) is 0 Å². The molecule has 0 bridgehead atoms. The molecule has 0 radical (unpaired) electrons. The summed E-state index contributed by atoms with van der Waals surface area (Å²) in [5.74, 6) is 0. The van der Waals surface area contributed by atoms with E-state index in [9.17, 15) is 0 Å². The summed E-state index contributed by atoms with van der Waals surface area (Å²) >= 11 is 6.00. The van der Waals surface area contributed by atoms with Crippen molar-refractivity contribution in [3.05, 3.63) is 53.3 Å². The lowest BCUT2D eigenvalue weighted by molar-refractivity contribution is 0.618. The van der Waals surface area contributed by atoms with Crippen LogP contribution in [0.15, 0.2) is 42.6 Å². The third-order valence-corrected chi connectivity index (χ3v) is 3.72. The molecule has 1 aromatic carbocycles. The summed E-state index contributed by atoms with van der Waals surface area (Å²) in [6, 6.07) is 13.0. The number of benzene rings is 1. The minimum absolute atomic E-state index is 0.485. The van der Waals surface area contributed by atoms with E-state index < -0.39 is 0 Å². The molecule has 1 unspecified atom stereocenters. The van der Waals surface area contributed by atoms with Gasteiger partial charge in [0.15, 0.2) is 0 Å². The van der Waals surface area contributed by atoms with Crippen molar-refractivity contribution in [1.29, 1.82) is 0 Å². The molecule has 0 aliphatic carbocycles. The SMILES string of the molecule is CC1CCc2ccccc2N1c1ccnc(Cl)c1. The zero-order valence-electron chi connectivity index (χ0n) is 10.3. The summed E-state index contributed by atoms with van der Waals surface area (Å²) in [5.41, 5.74) is 3.82. The lowest BCUT2D eigenvalue weighted by Crippen LogP contribution is -2.33. The third-order valence-electron chi connectivity index (χ3n) is 3.51. The fourth-order valence-electron chi connectivity index (χ4n) is 2.62. The number of para-hydroxylation sites is 1. The van der Waals surface area contributed by atoms with E-state index in [1.54, 1.807) is 6.20 Å². The van der Waals surface area contributed by atoms with Gasteiger partial charge in [-0.15, -0.1) is 0 Å². The number of aryl methyl sites for hydroxylation is 1. The van der Waals surface area contributed by atoms with E-state index in [4.69, 9.17) is 11.6 Å². The first kappa shape index (κ1) is 11.5. The fraction of sp³-hybridized carbons (Fsp3) is 0.267. The standard InChI is InChI=1S/C15H15ClN2/c1-11-6-7-12-4-2-3-5-14(12)18(11)13-8-9-17-15(16)10-13/h2-5,8-11H,6-7H2,1H3. The number of pyridine rings is 1. The maximum absolute atomic E-state index is 6.00. The highest BCUT2D eigenvalue weighted by molar-refractivity contribution is 6.29. The summed E-state index contributed by atoms with van der Waals surface area (Å²) in [5, 5.41) is 0.544. The molecular weight excluding hydrogens is 244 g/mol. The van der Waals surface area contributed by atoms with Gasteiger partial charge in [0.25, 0.3) is 0 Å². The highest BCUT2D eigenvalue weighted by Crippen LogP contribution is 2.36. The highest BCUT2D eigenvalue weighted by atomic mass is 35.5. The van der Waals surface area contributed by atoms with Gasteiger partial charge in [-0.05, 0) is 43.5 Å². The van der Waals surface area contributed by atoms with Gasteiger partial charge >= 0.3 is 0 Å². The lowest BCUT2D eigenvalue weighted by Gasteiger charge is -2.37. The Hall–Kier alpha value is -1.54. The van der Waals surface area contributed by atoms with E-state index in [1.165, 1.54) is 11.3 Å². The molecule has 0 amide bonds. The van der Waals surface area contributed by atoms with E-state index in [2.05, 4.69) is 41.1 Å². The van der Waals surface area contributed by atoms with Gasteiger partial charge in [-0.25, -0.2) is 4.98 Å². The molecular formula is C15H15ClN2. The summed E-state index contributed by atoms with van der Waals surface area (Å²) in [6.07, 6.45) is 4.07. The summed E-state index contributed by atoms with van der Waals surface area (Å²) in [6.45, 7) is 2.25. The Morgan fingerprint density at radius 2 is 2.11 bits per heavy atom. The van der Waals surface area contributed by atoms with E-state index in [-0.39, 0.29) is 0 Å². The average Bonchev–Trinajstić information content (AvgIpc) is 2.38. The molecule has 0 saturated carbocycles. The topological polar surface area (TPSA) is 16.1 Å². The average molecular weight is 259 g/mol. The van der Waals surface area contributed by atoms with Crippen molar-refractivity contribution in [3.63, 3.8) is 0 Å². The molecule has 2 aromatic rings. The molecule has 1 aliphatic heterocycles. The van der Waals surface area contributed by atoms with Crippen LogP contribution in [0.2, 0.25) is 5.15 Å². The highest BCUT2D eigenvalue weighted by Gasteiger charge is 2.23. The second kappa shape index (κ2) is 4.62. The first-order valence-corrected chi connectivity index (χ1v) is 6.62. The number of halogens is 1. The number of aromatic nitrogens is 1. The van der Waals surface area contributed by atoms with E-state index in [0.29, 0.717) is 11.2 Å². The number of nitrogens with zero attached hydrogens (tertiary/aromatic N) is 2. The van der Waals surface area contributed by atoms with Crippen molar-refractivity contribution < 1.29 is 0 Å². The number of rotatable bonds is 1. The molecule has 3 heteroatoms. The molecule has 1 aliphatic rings. The van der Waals surface area contributed by atoms with Crippen LogP contribution in [-0.2, 0) is 6.42 Å². The van der Waals surface area contributed by atoms with Gasteiger partial charge in [0.1, 0.15) is 5.15 Å². The molecule has 3 rings (SSSR count). The molecule has 0 N–H and O–H groups in total. The zero-order valence-corrected chi connectivity index (χ0v) is 11.1. The van der Waals surface area contributed by atoms with Crippen LogP contribution in [0.1, 0.15) is 18.9 Å². The first-order valence-electron chi connectivity index (χ1n) is 6.24. The molecule has 2 nitrogen and oxygen atoms in total. The summed E-state index contributed by atoms with van der Waals surface area (Å²) in [7, 11) is 0. The van der Waals surface area contributed by atoms with Crippen molar-refractivity contribution >= 4 is 23.0 Å². The smallest absolute Gasteiger partial charge is 0.131 e. The van der Waals surface area contributed by atoms with E-state index in [0.717, 1.165) is 18.5 Å². The maximum Gasteiger partial charge on any atom is 0.131 e. The van der Waals surface area contributed by atoms with Gasteiger partial charge in [-0.3, -0.25) is 0 Å². The minimum atomic E-state index is 0.485. The van der Waals surface area contributed by atoms with E-state index in [1.807, 2.05) is 12.1 Å². The van der Waals surface area contributed by atoms with Crippen LogP contribution in [0.3, 0.4) is 0 Å². The van der Waals surface area contributed by atoms with E-state index >= 15 is 0 Å². The van der Waals surface area contributed by atoms with Crippen molar-refractivity contribution in [1.82, 2.24) is 4.98 Å². The number of hydrogen-bond acceptors (Lipinski definition) is 2. The second-order valence-electron chi connectivity index (χ2n) is 4.72. The van der Waals surface area contributed by atoms with Crippen LogP contribution in [0.4, 0.5) is 11.4 Å². The van der Waals surface area contributed by atoms with Crippen molar-refractivity contribution in [2.75, 3.05) is 4.90 Å². The predicted octanol–water partition coefficient (Wildman–Crippen LogP) is 4.21. The predicted molar refractivity (Wildman–Crippen MR) is 75.6 cm³/mol. The molecule has 2 heterocycles. The van der Waals surface area contributed by atoms with Gasteiger partial charge in [-0.1, -0.05) is 29.8 Å². The van der Waals surface area contributed by atoms with Crippen molar-refractivity contribution in [2.45, 2.75) is 25.8 Å². The Morgan fingerprint density at radius 1 is 1.28 bits per heavy atom. The van der Waals surface area contributed by atoms with Gasteiger partial charge < -0.3 is 4.90 Å². The summed E-state index contributed by atoms with van der Waals surface area (Å²) < 4.78 is 0. The fourth-order valence-corrected chi connectivity index (χ4v) is 2.79. The van der Waals surface area contributed by atoms with Crippen molar-refractivity contribution in [2.24, 2.45) is 0 Å². The maximum atomic E-state index is 6.00. The Bertz CT molecular complexity index is 568. The van der Waals surface area contributed by atoms with Crippen LogP contribution in [0.25, 0.3) is 0 Å². The zero-order chi connectivity index (χ0) is 12.5. The Morgan fingerprint density at radius 3 is 2.94 bits per heavy atom. The third kappa shape index (κ3) is 1.97. The largest absolute Gasteiger partial charge is 0.338 e. The van der Waals surface area contributed by atoms with Gasteiger partial charge in [0.2, 0.25) is 0 Å². The van der Waals surface area contributed by atoms with Crippen LogP contribution in [-0.4, -0.2) is 11.0 Å². The quantitative estimate of drug-likeness (QED) is 0.713. The summed E-state index contributed by atoms with van der Waals surface area (Å²) in [4.78, 5) is 6.41. The molecule has 18 heavy (non-hydrogen) atoms. The number of fused-ring (bicyclic) bond motifs is 1. The molecule has 1 atom stereocenters. The Balaban J connectivity index is 2.10. The Kier molecular flexibility index (Phi) is 2.96. The monoisotopic (exact) mass is 258 g/mol. The second-order valence-corrected chi connectivity index (χ2v) is 5.11. The minimum Gasteiger partial charge on any atom is -0.338 e. The van der Waals surface area contributed by atoms with Gasteiger partial charge in [0.05, 0.1) is 0 Å². The van der Waals surface area contributed by atoms with Crippen LogP contribution in [0.5, 0.6) is 0 Å². The normalized spacial score (nSPS) is 18.6. The Labute approximate surface area is 112 Å². The lowest BCUT2D eigenvalue weighted by atomic mass is 9.96. The number of anilines is 2. The molecule has 0 fully saturated rings. The molecule has 92 valence electrons. The molecule has 0 spiro atoms. The van der Waals surface area contributed by atoms with Crippen LogP contribution < -0.4 is 4.90 Å². The van der Waals surface area contributed by atoms with Crippen LogP contribution >= 0.6 is 11.6 Å². The van der Waals surface area contributed by atoms with Crippen molar-refractivity contribution in [3.8, 4) is 0 Å². The van der Waals surface area contributed by atoms with Crippen LogP contribution in [0, 0.1) is 0 Å². The molecule has 0 saturated heterocycles. The molecule has 1 aromatic heterocycles.